The maximum absolute atomic E-state index is 11.7. The quantitative estimate of drug-likeness (QED) is 0.509. The molecule has 6 nitrogen and oxygen atoms in total. The summed E-state index contributed by atoms with van der Waals surface area (Å²) in [5.74, 6) is -1.38. The van der Waals surface area contributed by atoms with Gasteiger partial charge >= 0.3 is 5.97 Å². The van der Waals surface area contributed by atoms with Crippen LogP contribution >= 0.6 is 0 Å². The number of carbonyl (C=O) groups excluding carboxylic acids is 1. The zero-order valence-electron chi connectivity index (χ0n) is 10.6. The Kier molecular flexibility index (Phi) is 6.56. The fraction of sp³-hybridized carbons (Fsp3) is 0.385. The van der Waals surface area contributed by atoms with E-state index >= 15 is 0 Å². The van der Waals surface area contributed by atoms with Gasteiger partial charge in [0, 0.05) is 5.69 Å². The van der Waals surface area contributed by atoms with E-state index in [1.165, 1.54) is 0 Å². The van der Waals surface area contributed by atoms with Gasteiger partial charge in [-0.25, -0.2) is 0 Å². The highest BCUT2D eigenvalue weighted by atomic mass is 16.4. The van der Waals surface area contributed by atoms with Gasteiger partial charge in [0.2, 0.25) is 5.91 Å². The molecule has 0 aliphatic rings. The summed E-state index contributed by atoms with van der Waals surface area (Å²) in [5.41, 5.74) is 5.98. The summed E-state index contributed by atoms with van der Waals surface area (Å²) in [6, 6.07) is 8.03. The summed E-state index contributed by atoms with van der Waals surface area (Å²) < 4.78 is 0. The Labute approximate surface area is 112 Å². The second-order valence-corrected chi connectivity index (χ2v) is 4.11. The number of carboxylic acids is 1. The molecule has 1 atom stereocenters. The summed E-state index contributed by atoms with van der Waals surface area (Å²) in [5, 5.41) is 14.5. The van der Waals surface area contributed by atoms with Crippen LogP contribution in [0.15, 0.2) is 30.3 Å². The van der Waals surface area contributed by atoms with Crippen LogP contribution in [0.5, 0.6) is 0 Å². The average Bonchev–Trinajstić information content (AvgIpc) is 2.38. The Bertz CT molecular complexity index is 409. The van der Waals surface area contributed by atoms with Crippen LogP contribution in [0.3, 0.4) is 0 Å². The lowest BCUT2D eigenvalue weighted by molar-refractivity contribution is -0.141. The molecule has 0 saturated carbocycles. The predicted molar refractivity (Wildman–Crippen MR) is 72.8 cm³/mol. The van der Waals surface area contributed by atoms with Crippen LogP contribution in [0, 0.1) is 0 Å². The second kappa shape index (κ2) is 8.23. The Morgan fingerprint density at radius 1 is 1.26 bits per heavy atom. The molecule has 0 aromatic heterocycles. The van der Waals surface area contributed by atoms with Crippen LogP contribution in [0.4, 0.5) is 5.69 Å². The molecule has 1 aromatic carbocycles. The molecule has 0 saturated heterocycles. The van der Waals surface area contributed by atoms with Gasteiger partial charge in [-0.05, 0) is 31.6 Å². The third-order valence-electron chi connectivity index (χ3n) is 2.52. The average molecular weight is 265 g/mol. The minimum Gasteiger partial charge on any atom is -0.480 e. The van der Waals surface area contributed by atoms with Gasteiger partial charge in [-0.15, -0.1) is 0 Å². The Morgan fingerprint density at radius 2 is 1.95 bits per heavy atom. The van der Waals surface area contributed by atoms with Crippen molar-refractivity contribution in [1.29, 1.82) is 0 Å². The second-order valence-electron chi connectivity index (χ2n) is 4.11. The first-order valence-corrected chi connectivity index (χ1v) is 6.14. The van der Waals surface area contributed by atoms with Crippen molar-refractivity contribution in [3.63, 3.8) is 0 Å². The largest absolute Gasteiger partial charge is 0.480 e. The summed E-state index contributed by atoms with van der Waals surface area (Å²) in [6.07, 6.45) is 0.554. The molecule has 1 aromatic rings. The van der Waals surface area contributed by atoms with Crippen molar-refractivity contribution in [2.45, 2.75) is 18.9 Å². The number of carboxylic acid groups (broad SMARTS) is 1. The summed E-state index contributed by atoms with van der Waals surface area (Å²) in [4.78, 5) is 22.7. The third kappa shape index (κ3) is 5.98. The van der Waals surface area contributed by atoms with Crippen LogP contribution in [-0.2, 0) is 9.59 Å². The van der Waals surface area contributed by atoms with Gasteiger partial charge in [-0.2, -0.15) is 0 Å². The number of benzene rings is 1. The van der Waals surface area contributed by atoms with Gasteiger partial charge in [-0.1, -0.05) is 18.2 Å². The number of aliphatic carboxylic acids is 1. The monoisotopic (exact) mass is 265 g/mol. The van der Waals surface area contributed by atoms with Gasteiger partial charge < -0.3 is 21.5 Å². The predicted octanol–water partition coefficient (Wildman–Crippen LogP) is 0.407. The number of hydrogen-bond donors (Lipinski definition) is 4. The number of para-hydroxylation sites is 1. The van der Waals surface area contributed by atoms with Crippen molar-refractivity contribution in [3.8, 4) is 0 Å². The molecule has 0 radical (unpaired) electrons. The van der Waals surface area contributed by atoms with Gasteiger partial charge in [-0.3, -0.25) is 9.59 Å². The number of rotatable bonds is 8. The lowest BCUT2D eigenvalue weighted by Gasteiger charge is -2.14. The fourth-order valence-corrected chi connectivity index (χ4v) is 1.54. The molecule has 0 aliphatic carbocycles. The molecule has 0 heterocycles. The van der Waals surface area contributed by atoms with Crippen LogP contribution in [-0.4, -0.2) is 36.1 Å². The van der Waals surface area contributed by atoms with E-state index in [2.05, 4.69) is 10.6 Å². The number of hydrogen-bond acceptors (Lipinski definition) is 4. The maximum atomic E-state index is 11.7. The normalized spacial score (nSPS) is 11.8. The zero-order valence-corrected chi connectivity index (χ0v) is 10.6. The van der Waals surface area contributed by atoms with Gasteiger partial charge in [0.1, 0.15) is 6.04 Å². The Hall–Kier alpha value is -1.92. The zero-order chi connectivity index (χ0) is 14.1. The third-order valence-corrected chi connectivity index (χ3v) is 2.52. The minimum absolute atomic E-state index is 0.116. The molecule has 0 bridgehead atoms. The smallest absolute Gasteiger partial charge is 0.321 e. The number of amides is 1. The maximum Gasteiger partial charge on any atom is 0.321 e. The SMILES string of the molecule is NCCCN[C@H](CC(=O)Nc1ccccc1)C(=O)O. The number of nitrogens with one attached hydrogen (secondary N) is 2. The van der Waals surface area contributed by atoms with Crippen LogP contribution in [0.25, 0.3) is 0 Å². The van der Waals surface area contributed by atoms with E-state index in [9.17, 15) is 9.59 Å². The van der Waals surface area contributed by atoms with Crippen molar-refractivity contribution in [1.82, 2.24) is 5.32 Å². The lowest BCUT2D eigenvalue weighted by Crippen LogP contribution is -2.40. The molecule has 0 aliphatic heterocycles. The van der Waals surface area contributed by atoms with E-state index in [0.717, 1.165) is 0 Å². The summed E-state index contributed by atoms with van der Waals surface area (Å²) >= 11 is 0. The molecular weight excluding hydrogens is 246 g/mol. The van der Waals surface area contributed by atoms with Crippen LogP contribution in [0.2, 0.25) is 0 Å². The summed E-state index contributed by atoms with van der Waals surface area (Å²) in [6.45, 7) is 0.960. The van der Waals surface area contributed by atoms with Crippen molar-refractivity contribution in [3.05, 3.63) is 30.3 Å². The lowest BCUT2D eigenvalue weighted by atomic mass is 10.2. The van der Waals surface area contributed by atoms with Crippen LogP contribution < -0.4 is 16.4 Å². The minimum atomic E-state index is -1.04. The fourth-order valence-electron chi connectivity index (χ4n) is 1.54. The standard InChI is InChI=1S/C13H19N3O3/c14-7-4-8-15-11(13(18)19)9-12(17)16-10-5-2-1-3-6-10/h1-3,5-6,11,15H,4,7-9,14H2,(H,16,17)(H,18,19)/t11-/m1/s1. The highest BCUT2D eigenvalue weighted by Gasteiger charge is 2.20. The molecule has 0 spiro atoms. The van der Waals surface area contributed by atoms with E-state index < -0.39 is 12.0 Å². The highest BCUT2D eigenvalue weighted by molar-refractivity contribution is 5.93. The van der Waals surface area contributed by atoms with E-state index in [4.69, 9.17) is 10.8 Å². The Morgan fingerprint density at radius 3 is 2.53 bits per heavy atom. The molecule has 1 amide bonds. The molecule has 0 unspecified atom stereocenters. The first kappa shape index (κ1) is 15.1. The first-order chi connectivity index (χ1) is 9.13. The van der Waals surface area contributed by atoms with Crippen molar-refractivity contribution in [2.24, 2.45) is 5.73 Å². The molecule has 6 heteroatoms. The summed E-state index contributed by atoms with van der Waals surface area (Å²) in [7, 11) is 0. The first-order valence-electron chi connectivity index (χ1n) is 6.14. The van der Waals surface area contributed by atoms with E-state index in [-0.39, 0.29) is 12.3 Å². The van der Waals surface area contributed by atoms with E-state index in [1.54, 1.807) is 24.3 Å². The molecule has 0 fully saturated rings. The number of anilines is 1. The van der Waals surface area contributed by atoms with Crippen molar-refractivity contribution >= 4 is 17.6 Å². The van der Waals surface area contributed by atoms with Crippen molar-refractivity contribution < 1.29 is 14.7 Å². The van der Waals surface area contributed by atoms with E-state index in [1.807, 2.05) is 6.07 Å². The number of nitrogens with two attached hydrogens (primary N) is 1. The van der Waals surface area contributed by atoms with Gasteiger partial charge in [0.25, 0.3) is 0 Å². The highest BCUT2D eigenvalue weighted by Crippen LogP contribution is 2.06. The van der Waals surface area contributed by atoms with Crippen molar-refractivity contribution in [2.75, 3.05) is 18.4 Å². The molecular formula is C13H19N3O3. The molecule has 19 heavy (non-hydrogen) atoms. The Balaban J connectivity index is 2.45. The van der Waals surface area contributed by atoms with Gasteiger partial charge in [0.15, 0.2) is 0 Å². The topological polar surface area (TPSA) is 104 Å². The molecule has 104 valence electrons. The van der Waals surface area contributed by atoms with E-state index in [0.29, 0.717) is 25.2 Å². The molecule has 1 rings (SSSR count). The number of carbonyl (C=O) groups is 2. The van der Waals surface area contributed by atoms with Crippen LogP contribution in [0.1, 0.15) is 12.8 Å². The van der Waals surface area contributed by atoms with Gasteiger partial charge in [0.05, 0.1) is 6.42 Å². The molecule has 5 N–H and O–H groups in total.